The Balaban J connectivity index is 1.74. The molecule has 0 heterocycles. The number of hydrazone groups is 1. The van der Waals surface area contributed by atoms with Crippen LogP contribution in [0.25, 0.3) is 0 Å². The molecule has 0 saturated heterocycles. The van der Waals surface area contributed by atoms with Crippen molar-refractivity contribution in [2.75, 3.05) is 19.8 Å². The second-order valence-corrected chi connectivity index (χ2v) is 10.0. The van der Waals surface area contributed by atoms with Crippen molar-refractivity contribution < 1.29 is 28.6 Å². The molecular formula is C33H47N3O6. The first kappa shape index (κ1) is 34.3. The van der Waals surface area contributed by atoms with E-state index in [9.17, 15) is 14.4 Å². The fourth-order valence-electron chi connectivity index (χ4n) is 4.11. The zero-order chi connectivity index (χ0) is 30.4. The lowest BCUT2D eigenvalue weighted by Crippen LogP contribution is -2.34. The highest BCUT2D eigenvalue weighted by atomic mass is 16.6. The van der Waals surface area contributed by atoms with Gasteiger partial charge >= 0.3 is 5.97 Å². The highest BCUT2D eigenvalue weighted by molar-refractivity contribution is 5.92. The molecular weight excluding hydrogens is 534 g/mol. The number of unbranched alkanes of at least 4 members (excludes halogenated alkanes) is 8. The van der Waals surface area contributed by atoms with Crippen LogP contribution in [0.1, 0.15) is 107 Å². The van der Waals surface area contributed by atoms with Crippen LogP contribution in [0.2, 0.25) is 0 Å². The van der Waals surface area contributed by atoms with Gasteiger partial charge in [-0.2, -0.15) is 5.10 Å². The Morgan fingerprint density at radius 2 is 1.45 bits per heavy atom. The highest BCUT2D eigenvalue weighted by Crippen LogP contribution is 2.29. The molecule has 0 saturated carbocycles. The van der Waals surface area contributed by atoms with E-state index in [-0.39, 0.29) is 18.2 Å². The summed E-state index contributed by atoms with van der Waals surface area (Å²) in [5.41, 5.74) is 3.42. The summed E-state index contributed by atoms with van der Waals surface area (Å²) in [6, 6.07) is 11.7. The third-order valence-electron chi connectivity index (χ3n) is 6.39. The summed E-state index contributed by atoms with van der Waals surface area (Å²) in [6.07, 6.45) is 13.4. The number of hydrogen-bond acceptors (Lipinski definition) is 7. The molecule has 2 aromatic rings. The zero-order valence-electron chi connectivity index (χ0n) is 25.4. The number of nitrogens with one attached hydrogen (secondary N) is 2. The molecule has 42 heavy (non-hydrogen) atoms. The maximum absolute atomic E-state index is 12.7. The summed E-state index contributed by atoms with van der Waals surface area (Å²) >= 11 is 0. The molecule has 9 nitrogen and oxygen atoms in total. The quantitative estimate of drug-likeness (QED) is 0.0566. The number of benzene rings is 2. The highest BCUT2D eigenvalue weighted by Gasteiger charge is 2.14. The smallest absolute Gasteiger partial charge is 0.343 e. The summed E-state index contributed by atoms with van der Waals surface area (Å²) in [4.78, 5) is 36.8. The number of esters is 1. The molecule has 0 aliphatic rings. The van der Waals surface area contributed by atoms with Crippen molar-refractivity contribution in [1.82, 2.24) is 10.7 Å². The van der Waals surface area contributed by atoms with Gasteiger partial charge in [-0.1, -0.05) is 65.2 Å². The van der Waals surface area contributed by atoms with Crippen LogP contribution in [0.15, 0.2) is 47.6 Å². The van der Waals surface area contributed by atoms with Crippen LogP contribution in [0.3, 0.4) is 0 Å². The van der Waals surface area contributed by atoms with Gasteiger partial charge in [-0.25, -0.2) is 10.2 Å². The predicted octanol–water partition coefficient (Wildman–Crippen LogP) is 6.58. The van der Waals surface area contributed by atoms with Crippen LogP contribution in [-0.2, 0) is 9.59 Å². The van der Waals surface area contributed by atoms with Crippen molar-refractivity contribution >= 4 is 24.0 Å². The molecule has 2 amide bonds. The maximum Gasteiger partial charge on any atom is 0.343 e. The van der Waals surface area contributed by atoms with Gasteiger partial charge in [0, 0.05) is 6.42 Å². The van der Waals surface area contributed by atoms with Gasteiger partial charge in [-0.3, -0.25) is 9.59 Å². The fourth-order valence-corrected chi connectivity index (χ4v) is 4.11. The van der Waals surface area contributed by atoms with Gasteiger partial charge in [0.1, 0.15) is 5.75 Å². The van der Waals surface area contributed by atoms with Gasteiger partial charge in [0.2, 0.25) is 5.91 Å². The van der Waals surface area contributed by atoms with Crippen molar-refractivity contribution in [2.45, 2.75) is 91.4 Å². The Kier molecular flexibility index (Phi) is 17.1. The number of carbonyl (C=O) groups is 3. The summed E-state index contributed by atoms with van der Waals surface area (Å²) in [6.45, 7) is 6.90. The normalized spacial score (nSPS) is 10.8. The lowest BCUT2D eigenvalue weighted by Gasteiger charge is -2.12. The van der Waals surface area contributed by atoms with Crippen LogP contribution < -0.4 is 25.0 Å². The summed E-state index contributed by atoms with van der Waals surface area (Å²) < 4.78 is 16.8. The molecule has 0 aliphatic heterocycles. The lowest BCUT2D eigenvalue weighted by atomic mass is 10.1. The van der Waals surface area contributed by atoms with Crippen molar-refractivity contribution in [3.63, 3.8) is 0 Å². The van der Waals surface area contributed by atoms with E-state index in [0.29, 0.717) is 42.3 Å². The summed E-state index contributed by atoms with van der Waals surface area (Å²) in [5, 5.41) is 6.59. The third kappa shape index (κ3) is 14.1. The molecule has 0 bridgehead atoms. The Hall–Kier alpha value is -3.88. The summed E-state index contributed by atoms with van der Waals surface area (Å²) in [7, 11) is 0. The number of ether oxygens (including phenoxy) is 3. The van der Waals surface area contributed by atoms with Crippen LogP contribution in [0.4, 0.5) is 0 Å². The molecule has 9 heteroatoms. The largest absolute Gasteiger partial charge is 0.494 e. The maximum atomic E-state index is 12.7. The fraction of sp³-hybridized carbons (Fsp3) is 0.515. The van der Waals surface area contributed by atoms with E-state index >= 15 is 0 Å². The van der Waals surface area contributed by atoms with Crippen LogP contribution in [0, 0.1) is 0 Å². The van der Waals surface area contributed by atoms with Crippen molar-refractivity contribution in [3.05, 3.63) is 53.6 Å². The first-order valence-electron chi connectivity index (χ1n) is 15.3. The van der Waals surface area contributed by atoms with E-state index in [1.54, 1.807) is 42.5 Å². The van der Waals surface area contributed by atoms with E-state index in [4.69, 9.17) is 14.2 Å². The minimum Gasteiger partial charge on any atom is -0.494 e. The number of amides is 2. The van der Waals surface area contributed by atoms with Gasteiger partial charge in [-0.05, 0) is 67.8 Å². The zero-order valence-corrected chi connectivity index (χ0v) is 25.4. The van der Waals surface area contributed by atoms with Crippen molar-refractivity contribution in [2.24, 2.45) is 5.10 Å². The van der Waals surface area contributed by atoms with Crippen molar-refractivity contribution in [3.8, 4) is 17.2 Å². The second kappa shape index (κ2) is 20.9. The molecule has 230 valence electrons. The van der Waals surface area contributed by atoms with Crippen LogP contribution >= 0.6 is 0 Å². The second-order valence-electron chi connectivity index (χ2n) is 10.0. The molecule has 0 aromatic heterocycles. The number of hydrogen-bond donors (Lipinski definition) is 2. The number of nitrogens with zero attached hydrogens (tertiary/aromatic N) is 1. The first-order valence-corrected chi connectivity index (χ1v) is 15.3. The summed E-state index contributed by atoms with van der Waals surface area (Å²) in [5.74, 6) is 0.247. The van der Waals surface area contributed by atoms with Crippen molar-refractivity contribution in [1.29, 1.82) is 0 Å². The third-order valence-corrected chi connectivity index (χ3v) is 6.39. The average molecular weight is 582 g/mol. The van der Waals surface area contributed by atoms with E-state index < -0.39 is 11.9 Å². The molecule has 0 aliphatic carbocycles. The van der Waals surface area contributed by atoms with E-state index in [0.717, 1.165) is 25.7 Å². The van der Waals surface area contributed by atoms with Crippen LogP contribution in [-0.4, -0.2) is 43.8 Å². The lowest BCUT2D eigenvalue weighted by molar-refractivity contribution is -0.126. The minimum atomic E-state index is -0.522. The minimum absolute atomic E-state index is 0.135. The van der Waals surface area contributed by atoms with Gasteiger partial charge in [0.25, 0.3) is 5.91 Å². The Labute approximate surface area is 250 Å². The van der Waals surface area contributed by atoms with Gasteiger partial charge in [0.15, 0.2) is 11.5 Å². The molecule has 2 N–H and O–H groups in total. The monoisotopic (exact) mass is 581 g/mol. The van der Waals surface area contributed by atoms with Gasteiger partial charge in [0.05, 0.1) is 31.5 Å². The van der Waals surface area contributed by atoms with Crippen LogP contribution in [0.5, 0.6) is 17.2 Å². The SMILES string of the molecule is CCCCCCCCCCCC(=O)NCC(=O)NN=Cc1ccc(OC(=O)c2ccc(OCCC)cc2)c(OCC)c1. The Bertz CT molecular complexity index is 1120. The van der Waals surface area contributed by atoms with E-state index in [1.165, 1.54) is 44.7 Å². The Morgan fingerprint density at radius 3 is 2.12 bits per heavy atom. The Morgan fingerprint density at radius 1 is 0.762 bits per heavy atom. The molecule has 0 radical (unpaired) electrons. The standard InChI is InChI=1S/C33H47N3O6/c1-4-7-8-9-10-11-12-13-14-15-31(37)34-25-32(38)36-35-24-26-16-21-29(30(23-26)40-6-3)42-33(39)27-17-19-28(20-18-27)41-22-5-2/h16-21,23-24H,4-15,22,25H2,1-3H3,(H,34,37)(H,36,38). The molecule has 0 fully saturated rings. The molecule has 0 unspecified atom stereocenters. The van der Waals surface area contributed by atoms with E-state index in [1.807, 2.05) is 13.8 Å². The van der Waals surface area contributed by atoms with E-state index in [2.05, 4.69) is 22.8 Å². The average Bonchev–Trinajstić information content (AvgIpc) is 2.99. The van der Waals surface area contributed by atoms with Gasteiger partial charge < -0.3 is 19.5 Å². The molecule has 2 aromatic carbocycles. The van der Waals surface area contributed by atoms with Gasteiger partial charge in [-0.15, -0.1) is 0 Å². The first-order chi connectivity index (χ1) is 20.5. The molecule has 0 atom stereocenters. The molecule has 2 rings (SSSR count). The molecule has 0 spiro atoms. The predicted molar refractivity (Wildman–Crippen MR) is 165 cm³/mol. The topological polar surface area (TPSA) is 115 Å². The number of carbonyl (C=O) groups excluding carboxylic acids is 3. The number of rotatable bonds is 21.